The molecule has 112 valence electrons. The normalized spacial score (nSPS) is 23.9. The lowest BCUT2D eigenvalue weighted by atomic mass is 9.88. The third-order valence-electron chi connectivity index (χ3n) is 5.06. The second-order valence-electron chi connectivity index (χ2n) is 6.54. The number of benzene rings is 1. The van der Waals surface area contributed by atoms with E-state index in [0.717, 1.165) is 18.7 Å². The van der Waals surface area contributed by atoms with E-state index in [2.05, 4.69) is 28.8 Å². The SMILES string of the molecule is c1ccc2c(c1)nc(C1CCCCC1)n2CC1CCCO1. The first-order valence-corrected chi connectivity index (χ1v) is 8.48. The van der Waals surface area contributed by atoms with Gasteiger partial charge in [-0.1, -0.05) is 31.4 Å². The molecule has 2 aliphatic rings. The summed E-state index contributed by atoms with van der Waals surface area (Å²) < 4.78 is 8.33. The van der Waals surface area contributed by atoms with Crippen LogP contribution in [0.5, 0.6) is 0 Å². The lowest BCUT2D eigenvalue weighted by Crippen LogP contribution is -2.19. The molecule has 1 aromatic heterocycles. The predicted molar refractivity (Wildman–Crippen MR) is 84.5 cm³/mol. The van der Waals surface area contributed by atoms with E-state index in [-0.39, 0.29) is 0 Å². The van der Waals surface area contributed by atoms with Gasteiger partial charge in [0.05, 0.1) is 23.7 Å². The van der Waals surface area contributed by atoms with Gasteiger partial charge in [0.15, 0.2) is 0 Å². The van der Waals surface area contributed by atoms with E-state index in [1.807, 2.05) is 0 Å². The molecule has 1 saturated carbocycles. The highest BCUT2D eigenvalue weighted by Crippen LogP contribution is 2.34. The summed E-state index contributed by atoms with van der Waals surface area (Å²) in [5, 5.41) is 0. The Morgan fingerprint density at radius 3 is 2.71 bits per heavy atom. The number of rotatable bonds is 3. The Bertz CT molecular complexity index is 607. The van der Waals surface area contributed by atoms with E-state index in [1.54, 1.807) is 0 Å². The van der Waals surface area contributed by atoms with Crippen LogP contribution in [0.25, 0.3) is 11.0 Å². The molecule has 1 saturated heterocycles. The Morgan fingerprint density at radius 1 is 1.05 bits per heavy atom. The number of fused-ring (bicyclic) bond motifs is 1. The van der Waals surface area contributed by atoms with Crippen molar-refractivity contribution < 1.29 is 4.74 Å². The maximum absolute atomic E-state index is 5.87. The summed E-state index contributed by atoms with van der Waals surface area (Å²) in [4.78, 5) is 4.99. The summed E-state index contributed by atoms with van der Waals surface area (Å²) in [7, 11) is 0. The van der Waals surface area contributed by atoms with Gasteiger partial charge in [-0.3, -0.25) is 0 Å². The molecule has 2 heterocycles. The van der Waals surface area contributed by atoms with Crippen LogP contribution >= 0.6 is 0 Å². The Hall–Kier alpha value is -1.35. The van der Waals surface area contributed by atoms with Crippen LogP contribution in [0, 0.1) is 0 Å². The van der Waals surface area contributed by atoms with Crippen LogP contribution in [0.1, 0.15) is 56.7 Å². The summed E-state index contributed by atoms with van der Waals surface area (Å²) >= 11 is 0. The zero-order valence-electron chi connectivity index (χ0n) is 12.6. The van der Waals surface area contributed by atoms with Crippen LogP contribution in [0.2, 0.25) is 0 Å². The number of ether oxygens (including phenoxy) is 1. The maximum atomic E-state index is 5.87. The lowest BCUT2D eigenvalue weighted by molar-refractivity contribution is 0.0967. The molecule has 1 aliphatic heterocycles. The first-order valence-electron chi connectivity index (χ1n) is 8.48. The molecule has 3 heteroatoms. The van der Waals surface area contributed by atoms with Crippen molar-refractivity contribution in [2.75, 3.05) is 6.61 Å². The van der Waals surface area contributed by atoms with Gasteiger partial charge in [0.1, 0.15) is 5.82 Å². The fourth-order valence-corrected chi connectivity index (χ4v) is 3.95. The third-order valence-corrected chi connectivity index (χ3v) is 5.06. The molecule has 21 heavy (non-hydrogen) atoms. The molecule has 0 N–H and O–H groups in total. The van der Waals surface area contributed by atoms with E-state index in [4.69, 9.17) is 9.72 Å². The lowest BCUT2D eigenvalue weighted by Gasteiger charge is -2.23. The summed E-state index contributed by atoms with van der Waals surface area (Å²) in [6.07, 6.45) is 9.48. The molecule has 2 fully saturated rings. The highest BCUT2D eigenvalue weighted by Gasteiger charge is 2.25. The van der Waals surface area contributed by atoms with Gasteiger partial charge in [0.2, 0.25) is 0 Å². The van der Waals surface area contributed by atoms with Crippen molar-refractivity contribution in [2.24, 2.45) is 0 Å². The van der Waals surface area contributed by atoms with Gasteiger partial charge in [-0.05, 0) is 37.8 Å². The molecule has 0 radical (unpaired) electrons. The first-order chi connectivity index (χ1) is 10.4. The van der Waals surface area contributed by atoms with E-state index >= 15 is 0 Å². The smallest absolute Gasteiger partial charge is 0.113 e. The molecule has 1 aromatic carbocycles. The molecule has 1 unspecified atom stereocenters. The van der Waals surface area contributed by atoms with Crippen molar-refractivity contribution in [2.45, 2.75) is 63.5 Å². The summed E-state index contributed by atoms with van der Waals surface area (Å²) in [5.41, 5.74) is 2.43. The Morgan fingerprint density at radius 2 is 1.90 bits per heavy atom. The monoisotopic (exact) mass is 284 g/mol. The molecular formula is C18H24N2O. The van der Waals surface area contributed by atoms with Gasteiger partial charge in [-0.2, -0.15) is 0 Å². The molecule has 3 nitrogen and oxygen atoms in total. The zero-order chi connectivity index (χ0) is 14.1. The summed E-state index contributed by atoms with van der Waals surface area (Å²) in [6, 6.07) is 8.58. The molecule has 0 spiro atoms. The third kappa shape index (κ3) is 2.59. The molecule has 2 aromatic rings. The van der Waals surface area contributed by atoms with Gasteiger partial charge in [-0.25, -0.2) is 4.98 Å². The average Bonchev–Trinajstić information content (AvgIpc) is 3.17. The summed E-state index contributed by atoms with van der Waals surface area (Å²) in [5.74, 6) is 1.96. The van der Waals surface area contributed by atoms with Gasteiger partial charge >= 0.3 is 0 Å². The topological polar surface area (TPSA) is 27.1 Å². The van der Waals surface area contributed by atoms with E-state index in [1.165, 1.54) is 56.3 Å². The molecule has 4 rings (SSSR count). The van der Waals surface area contributed by atoms with Crippen LogP contribution in [0.4, 0.5) is 0 Å². The quantitative estimate of drug-likeness (QED) is 0.842. The Labute approximate surface area is 126 Å². The molecule has 0 amide bonds. The second kappa shape index (κ2) is 5.80. The van der Waals surface area contributed by atoms with Crippen molar-refractivity contribution in [1.29, 1.82) is 0 Å². The van der Waals surface area contributed by atoms with Crippen molar-refractivity contribution in [1.82, 2.24) is 9.55 Å². The number of hydrogen-bond acceptors (Lipinski definition) is 2. The van der Waals surface area contributed by atoms with Gasteiger partial charge in [0, 0.05) is 12.5 Å². The standard InChI is InChI=1S/C18H24N2O/c1-2-7-14(8-3-1)18-19-16-10-4-5-11-17(16)20(18)13-15-9-6-12-21-15/h4-5,10-11,14-15H,1-3,6-9,12-13H2. The van der Waals surface area contributed by atoms with Crippen molar-refractivity contribution in [3.63, 3.8) is 0 Å². The minimum Gasteiger partial charge on any atom is -0.376 e. The van der Waals surface area contributed by atoms with E-state index in [9.17, 15) is 0 Å². The molecular weight excluding hydrogens is 260 g/mol. The zero-order valence-corrected chi connectivity index (χ0v) is 12.6. The van der Waals surface area contributed by atoms with Crippen LogP contribution in [-0.2, 0) is 11.3 Å². The van der Waals surface area contributed by atoms with Gasteiger partial charge < -0.3 is 9.30 Å². The second-order valence-corrected chi connectivity index (χ2v) is 6.54. The Kier molecular flexibility index (Phi) is 3.68. The summed E-state index contributed by atoms with van der Waals surface area (Å²) in [6.45, 7) is 1.91. The van der Waals surface area contributed by atoms with Crippen LogP contribution in [-0.4, -0.2) is 22.3 Å². The van der Waals surface area contributed by atoms with Crippen LogP contribution in [0.15, 0.2) is 24.3 Å². The number of para-hydroxylation sites is 2. The molecule has 1 aliphatic carbocycles. The van der Waals surface area contributed by atoms with Gasteiger partial charge in [-0.15, -0.1) is 0 Å². The predicted octanol–water partition coefficient (Wildman–Crippen LogP) is 4.26. The minimum absolute atomic E-state index is 0.380. The van der Waals surface area contributed by atoms with Crippen molar-refractivity contribution in [3.8, 4) is 0 Å². The van der Waals surface area contributed by atoms with E-state index < -0.39 is 0 Å². The largest absolute Gasteiger partial charge is 0.376 e. The van der Waals surface area contributed by atoms with Crippen molar-refractivity contribution >= 4 is 11.0 Å². The van der Waals surface area contributed by atoms with Gasteiger partial charge in [0.25, 0.3) is 0 Å². The Balaban J connectivity index is 1.72. The highest BCUT2D eigenvalue weighted by atomic mass is 16.5. The number of imidazole rings is 1. The number of aromatic nitrogens is 2. The first kappa shape index (κ1) is 13.3. The highest BCUT2D eigenvalue weighted by molar-refractivity contribution is 5.76. The number of hydrogen-bond donors (Lipinski definition) is 0. The maximum Gasteiger partial charge on any atom is 0.113 e. The molecule has 0 bridgehead atoms. The minimum atomic E-state index is 0.380. The average molecular weight is 284 g/mol. The fourth-order valence-electron chi connectivity index (χ4n) is 3.95. The molecule has 1 atom stereocenters. The van der Waals surface area contributed by atoms with Crippen LogP contribution < -0.4 is 0 Å². The van der Waals surface area contributed by atoms with Crippen molar-refractivity contribution in [3.05, 3.63) is 30.1 Å². The fraction of sp³-hybridized carbons (Fsp3) is 0.611. The van der Waals surface area contributed by atoms with E-state index in [0.29, 0.717) is 12.0 Å². The number of nitrogens with zero attached hydrogens (tertiary/aromatic N) is 2. The van der Waals surface area contributed by atoms with Crippen LogP contribution in [0.3, 0.4) is 0 Å².